The van der Waals surface area contributed by atoms with Gasteiger partial charge in [-0.15, -0.1) is 11.3 Å². The summed E-state index contributed by atoms with van der Waals surface area (Å²) in [4.78, 5) is 15.1. The highest BCUT2D eigenvalue weighted by Gasteiger charge is 2.21. The Balaban J connectivity index is 1.85. The van der Waals surface area contributed by atoms with Crippen LogP contribution >= 0.6 is 11.3 Å². The Morgan fingerprint density at radius 1 is 1.15 bits per heavy atom. The molecule has 1 amide bonds. The number of amides is 1. The van der Waals surface area contributed by atoms with E-state index in [0.717, 1.165) is 42.8 Å². The number of rotatable bonds is 2. The fourth-order valence-corrected chi connectivity index (χ4v) is 3.28. The van der Waals surface area contributed by atoms with E-state index in [0.29, 0.717) is 0 Å². The average Bonchev–Trinajstić information content (AvgIpc) is 3.01. The lowest BCUT2D eigenvalue weighted by molar-refractivity contribution is 0.0719. The summed E-state index contributed by atoms with van der Waals surface area (Å²) in [7, 11) is 0. The molecule has 1 aromatic heterocycles. The van der Waals surface area contributed by atoms with Crippen molar-refractivity contribution in [3.05, 3.63) is 47.1 Å². The van der Waals surface area contributed by atoms with Gasteiger partial charge in [-0.1, -0.05) is 12.1 Å². The second-order valence-electron chi connectivity index (χ2n) is 5.02. The number of hydrogen-bond acceptors (Lipinski definition) is 2. The first kappa shape index (κ1) is 13.3. The summed E-state index contributed by atoms with van der Waals surface area (Å²) < 4.78 is 14.2. The molecule has 0 atom stereocenters. The number of halogens is 1. The van der Waals surface area contributed by atoms with Crippen molar-refractivity contribution in [2.45, 2.75) is 19.3 Å². The predicted molar refractivity (Wildman–Crippen MR) is 79.5 cm³/mol. The summed E-state index contributed by atoms with van der Waals surface area (Å²) in [6.07, 6.45) is 3.19. The quantitative estimate of drug-likeness (QED) is 0.812. The molecule has 3 rings (SSSR count). The minimum Gasteiger partial charge on any atom is -0.339 e. The van der Waals surface area contributed by atoms with Crippen LogP contribution in [0.3, 0.4) is 0 Å². The van der Waals surface area contributed by atoms with Gasteiger partial charge >= 0.3 is 0 Å². The lowest BCUT2D eigenvalue weighted by Crippen LogP contribution is -2.36. The van der Waals surface area contributed by atoms with Crippen molar-refractivity contribution in [3.8, 4) is 10.4 Å². The van der Waals surface area contributed by atoms with Crippen LogP contribution in [0.4, 0.5) is 4.39 Å². The van der Waals surface area contributed by atoms with Crippen LogP contribution in [0.25, 0.3) is 10.4 Å². The minimum atomic E-state index is -0.425. The Kier molecular flexibility index (Phi) is 3.83. The molecule has 0 N–H and O–H groups in total. The Morgan fingerprint density at radius 2 is 1.95 bits per heavy atom. The van der Waals surface area contributed by atoms with Gasteiger partial charge in [-0.3, -0.25) is 4.79 Å². The zero-order valence-electron chi connectivity index (χ0n) is 11.1. The van der Waals surface area contributed by atoms with Crippen LogP contribution in [-0.4, -0.2) is 23.9 Å². The van der Waals surface area contributed by atoms with E-state index in [4.69, 9.17) is 0 Å². The van der Waals surface area contributed by atoms with E-state index in [1.165, 1.54) is 6.07 Å². The Labute approximate surface area is 121 Å². The number of carbonyl (C=O) groups excluding carboxylic acids is 1. The topological polar surface area (TPSA) is 20.3 Å². The monoisotopic (exact) mass is 289 g/mol. The Morgan fingerprint density at radius 3 is 2.60 bits per heavy atom. The molecule has 0 unspecified atom stereocenters. The zero-order chi connectivity index (χ0) is 13.9. The molecule has 1 aliphatic heterocycles. The summed E-state index contributed by atoms with van der Waals surface area (Å²) in [5.74, 6) is -0.605. The highest BCUT2D eigenvalue weighted by atomic mass is 32.1. The van der Waals surface area contributed by atoms with Gasteiger partial charge in [0.2, 0.25) is 0 Å². The first-order valence-corrected chi connectivity index (χ1v) is 7.76. The maximum atomic E-state index is 14.2. The first-order chi connectivity index (χ1) is 9.75. The molecule has 0 saturated carbocycles. The van der Waals surface area contributed by atoms with Gasteiger partial charge in [-0.05, 0) is 48.4 Å². The average molecular weight is 289 g/mol. The van der Waals surface area contributed by atoms with E-state index in [2.05, 4.69) is 0 Å². The van der Waals surface area contributed by atoms with Crippen LogP contribution in [-0.2, 0) is 0 Å². The van der Waals surface area contributed by atoms with E-state index >= 15 is 0 Å². The third-order valence-electron chi connectivity index (χ3n) is 3.65. The molecule has 1 aliphatic rings. The van der Waals surface area contributed by atoms with E-state index in [-0.39, 0.29) is 11.5 Å². The number of nitrogens with zero attached hydrogens (tertiary/aromatic N) is 1. The maximum Gasteiger partial charge on any atom is 0.256 e. The second kappa shape index (κ2) is 5.75. The molecule has 0 spiro atoms. The van der Waals surface area contributed by atoms with Crippen LogP contribution < -0.4 is 0 Å². The lowest BCUT2D eigenvalue weighted by Gasteiger charge is -2.26. The molecule has 1 saturated heterocycles. The van der Waals surface area contributed by atoms with Crippen LogP contribution in [0.2, 0.25) is 0 Å². The van der Waals surface area contributed by atoms with E-state index in [1.807, 2.05) is 23.6 Å². The molecular formula is C16H16FNOS. The van der Waals surface area contributed by atoms with Crippen LogP contribution in [0, 0.1) is 5.82 Å². The van der Waals surface area contributed by atoms with E-state index in [1.54, 1.807) is 22.3 Å². The third kappa shape index (κ3) is 2.61. The number of likely N-dealkylation sites (tertiary alicyclic amines) is 1. The van der Waals surface area contributed by atoms with Gasteiger partial charge in [-0.2, -0.15) is 0 Å². The number of hydrogen-bond donors (Lipinski definition) is 0. The van der Waals surface area contributed by atoms with Gasteiger partial charge in [0.25, 0.3) is 5.91 Å². The molecule has 1 aromatic carbocycles. The maximum absolute atomic E-state index is 14.2. The summed E-state index contributed by atoms with van der Waals surface area (Å²) in [5.41, 5.74) is 1.01. The van der Waals surface area contributed by atoms with Crippen LogP contribution in [0.15, 0.2) is 35.7 Å². The molecule has 104 valence electrons. The van der Waals surface area contributed by atoms with Crippen molar-refractivity contribution in [2.75, 3.05) is 13.1 Å². The molecule has 4 heteroatoms. The van der Waals surface area contributed by atoms with Crippen molar-refractivity contribution in [3.63, 3.8) is 0 Å². The fourth-order valence-electron chi connectivity index (χ4n) is 2.55. The molecule has 2 aromatic rings. The fraction of sp³-hybridized carbons (Fsp3) is 0.312. The van der Waals surface area contributed by atoms with Crippen LogP contribution in [0.1, 0.15) is 29.6 Å². The van der Waals surface area contributed by atoms with Crippen molar-refractivity contribution < 1.29 is 9.18 Å². The summed E-state index contributed by atoms with van der Waals surface area (Å²) in [6.45, 7) is 1.48. The molecule has 1 fully saturated rings. The smallest absolute Gasteiger partial charge is 0.256 e. The molecular weight excluding hydrogens is 273 g/mol. The summed E-state index contributed by atoms with van der Waals surface area (Å²) >= 11 is 1.57. The molecule has 0 radical (unpaired) electrons. The molecule has 2 heterocycles. The van der Waals surface area contributed by atoms with Gasteiger partial charge in [0.15, 0.2) is 0 Å². The second-order valence-corrected chi connectivity index (χ2v) is 5.97. The van der Waals surface area contributed by atoms with Crippen molar-refractivity contribution in [1.82, 2.24) is 4.90 Å². The predicted octanol–water partition coefficient (Wildman–Crippen LogP) is 4.18. The van der Waals surface area contributed by atoms with Gasteiger partial charge < -0.3 is 4.90 Å². The van der Waals surface area contributed by atoms with Crippen molar-refractivity contribution in [2.24, 2.45) is 0 Å². The van der Waals surface area contributed by atoms with Crippen molar-refractivity contribution >= 4 is 17.2 Å². The zero-order valence-corrected chi connectivity index (χ0v) is 12.0. The third-order valence-corrected chi connectivity index (χ3v) is 4.57. The highest BCUT2D eigenvalue weighted by molar-refractivity contribution is 7.13. The largest absolute Gasteiger partial charge is 0.339 e. The molecule has 2 nitrogen and oxygen atoms in total. The summed E-state index contributed by atoms with van der Waals surface area (Å²) in [5, 5.41) is 1.96. The number of carbonyl (C=O) groups is 1. The van der Waals surface area contributed by atoms with E-state index < -0.39 is 5.82 Å². The van der Waals surface area contributed by atoms with Gasteiger partial charge in [0.05, 0.1) is 5.56 Å². The van der Waals surface area contributed by atoms with Gasteiger partial charge in [-0.25, -0.2) is 4.39 Å². The molecule has 0 bridgehead atoms. The normalized spacial score (nSPS) is 15.3. The highest BCUT2D eigenvalue weighted by Crippen LogP contribution is 2.27. The van der Waals surface area contributed by atoms with Crippen LogP contribution in [0.5, 0.6) is 0 Å². The number of thiophene rings is 1. The molecule has 20 heavy (non-hydrogen) atoms. The van der Waals surface area contributed by atoms with Crippen molar-refractivity contribution in [1.29, 1.82) is 0 Å². The molecule has 0 aliphatic carbocycles. The minimum absolute atomic E-state index is 0.181. The standard InChI is InChI=1S/C16H16FNOS/c17-14-11-12(15-5-4-10-20-15)6-7-13(14)16(19)18-8-2-1-3-9-18/h4-7,10-11H,1-3,8-9H2. The summed E-state index contributed by atoms with van der Waals surface area (Å²) in [6, 6.07) is 8.78. The van der Waals surface area contributed by atoms with Gasteiger partial charge in [0.1, 0.15) is 5.82 Å². The SMILES string of the molecule is O=C(c1ccc(-c2cccs2)cc1F)N1CCCCC1. The Hall–Kier alpha value is -1.68. The number of piperidine rings is 1. The lowest BCUT2D eigenvalue weighted by atomic mass is 10.1. The van der Waals surface area contributed by atoms with Gasteiger partial charge in [0, 0.05) is 18.0 Å². The number of benzene rings is 1. The van der Waals surface area contributed by atoms with E-state index in [9.17, 15) is 9.18 Å². The Bertz CT molecular complexity index is 603. The first-order valence-electron chi connectivity index (χ1n) is 6.88.